The highest BCUT2D eigenvalue weighted by molar-refractivity contribution is 7.80. The first-order valence-corrected chi connectivity index (χ1v) is 7.58. The summed E-state index contributed by atoms with van der Waals surface area (Å²) in [7, 11) is 4.91. The van der Waals surface area contributed by atoms with E-state index < -0.39 is 0 Å². The van der Waals surface area contributed by atoms with Gasteiger partial charge in [-0.1, -0.05) is 24.3 Å². The maximum absolute atomic E-state index is 12.2. The van der Waals surface area contributed by atoms with E-state index in [2.05, 4.69) is 6.58 Å². The van der Waals surface area contributed by atoms with Crippen LogP contribution in [0.2, 0.25) is 5.02 Å². The van der Waals surface area contributed by atoms with Gasteiger partial charge in [0.15, 0.2) is 16.6 Å². The van der Waals surface area contributed by atoms with Crippen molar-refractivity contribution in [1.29, 1.82) is 0 Å². The fourth-order valence-corrected chi connectivity index (χ4v) is 2.61. The number of rotatable bonds is 5. The number of ether oxygens (including phenoxy) is 2. The van der Waals surface area contributed by atoms with Crippen LogP contribution in [-0.4, -0.2) is 48.6 Å². The number of nitrogens with zero attached hydrogens (tertiary/aromatic N) is 2. The average Bonchev–Trinajstić information content (AvgIpc) is 2.71. The molecule has 0 bridgehead atoms. The maximum Gasteiger partial charge on any atom is 0.276 e. The van der Waals surface area contributed by atoms with E-state index in [9.17, 15) is 4.79 Å². The highest BCUT2D eigenvalue weighted by atomic mass is 35.5. The van der Waals surface area contributed by atoms with Gasteiger partial charge in [0.1, 0.15) is 12.3 Å². The van der Waals surface area contributed by atoms with E-state index in [0.29, 0.717) is 39.5 Å². The molecular weight excluding hydrogens is 336 g/mol. The molecule has 1 amide bonds. The lowest BCUT2D eigenvalue weighted by Crippen LogP contribution is -2.26. The van der Waals surface area contributed by atoms with Crippen LogP contribution in [0.4, 0.5) is 0 Å². The van der Waals surface area contributed by atoms with E-state index >= 15 is 0 Å². The lowest BCUT2D eigenvalue weighted by molar-refractivity contribution is -0.121. The van der Waals surface area contributed by atoms with Gasteiger partial charge < -0.3 is 14.4 Å². The minimum absolute atomic E-state index is 0.167. The Morgan fingerprint density at radius 2 is 2.04 bits per heavy atom. The quantitative estimate of drug-likeness (QED) is 0.463. The molecule has 23 heavy (non-hydrogen) atoms. The third kappa shape index (κ3) is 3.33. The highest BCUT2D eigenvalue weighted by Crippen LogP contribution is 2.37. The summed E-state index contributed by atoms with van der Waals surface area (Å²) in [4.78, 5) is 15.3. The van der Waals surface area contributed by atoms with Crippen molar-refractivity contribution >= 4 is 40.9 Å². The number of amides is 1. The second-order valence-electron chi connectivity index (χ2n) is 4.87. The third-order valence-electron chi connectivity index (χ3n) is 3.36. The zero-order valence-corrected chi connectivity index (χ0v) is 14.7. The lowest BCUT2D eigenvalue weighted by atomic mass is 10.1. The Morgan fingerprint density at radius 3 is 2.57 bits per heavy atom. The number of likely N-dealkylation sites (N-methyl/N-ethyl adjacent to an activating group) is 2. The van der Waals surface area contributed by atoms with Gasteiger partial charge in [0, 0.05) is 14.1 Å². The zero-order chi connectivity index (χ0) is 17.1. The molecule has 1 saturated heterocycles. The van der Waals surface area contributed by atoms with E-state index in [1.54, 1.807) is 43.3 Å². The molecule has 0 aliphatic carbocycles. The molecular formula is C16H17ClN2O3S. The molecule has 0 aromatic heterocycles. The van der Waals surface area contributed by atoms with E-state index in [4.69, 9.17) is 33.3 Å². The number of hydrogen-bond donors (Lipinski definition) is 0. The second kappa shape index (κ2) is 7.02. The molecule has 7 heteroatoms. The number of hydrogen-bond acceptors (Lipinski definition) is 4. The first-order valence-electron chi connectivity index (χ1n) is 6.79. The molecule has 1 aliphatic heterocycles. The molecule has 0 spiro atoms. The molecule has 0 atom stereocenters. The Labute approximate surface area is 145 Å². The van der Waals surface area contributed by atoms with Crippen LogP contribution in [0.1, 0.15) is 5.56 Å². The standard InChI is InChI=1S/C16H17ClN2O3S/c1-5-6-22-14-11(17)7-10(9-13(14)21-4)8-12-15(20)19(3)16(23)18(12)2/h5,7-9H,1,6H2,2-4H3/b12-8-. The summed E-state index contributed by atoms with van der Waals surface area (Å²) in [5.41, 5.74) is 1.18. The normalized spacial score (nSPS) is 16.3. The van der Waals surface area contributed by atoms with Crippen LogP contribution < -0.4 is 9.47 Å². The summed E-state index contributed by atoms with van der Waals surface area (Å²) in [6.07, 6.45) is 3.33. The van der Waals surface area contributed by atoms with Crippen LogP contribution >= 0.6 is 23.8 Å². The summed E-state index contributed by atoms with van der Waals surface area (Å²) in [5.74, 6) is 0.754. The Kier molecular flexibility index (Phi) is 5.28. The molecule has 0 N–H and O–H groups in total. The molecule has 122 valence electrons. The number of halogens is 1. The lowest BCUT2D eigenvalue weighted by Gasteiger charge is -2.13. The molecule has 1 aromatic carbocycles. The minimum atomic E-state index is -0.167. The number of carbonyl (C=O) groups excluding carboxylic acids is 1. The van der Waals surface area contributed by atoms with Gasteiger partial charge in [-0.3, -0.25) is 9.69 Å². The van der Waals surface area contributed by atoms with E-state index in [0.717, 1.165) is 0 Å². The first kappa shape index (κ1) is 17.3. The number of methoxy groups -OCH3 is 1. The molecule has 0 saturated carbocycles. The molecule has 5 nitrogen and oxygen atoms in total. The smallest absolute Gasteiger partial charge is 0.276 e. The van der Waals surface area contributed by atoms with Crippen LogP contribution in [0.15, 0.2) is 30.5 Å². The molecule has 1 aromatic rings. The Bertz CT molecular complexity index is 703. The van der Waals surface area contributed by atoms with Crippen LogP contribution in [0, 0.1) is 0 Å². The zero-order valence-electron chi connectivity index (χ0n) is 13.1. The van der Waals surface area contributed by atoms with E-state index in [-0.39, 0.29) is 5.91 Å². The van der Waals surface area contributed by atoms with Crippen LogP contribution in [0.5, 0.6) is 11.5 Å². The number of thiocarbonyl (C=S) groups is 1. The van der Waals surface area contributed by atoms with Crippen LogP contribution in [0.3, 0.4) is 0 Å². The Balaban J connectivity index is 2.43. The molecule has 0 unspecified atom stereocenters. The van der Waals surface area contributed by atoms with Crippen molar-refractivity contribution in [3.63, 3.8) is 0 Å². The van der Waals surface area contributed by atoms with Crippen LogP contribution in [-0.2, 0) is 4.79 Å². The van der Waals surface area contributed by atoms with Crippen molar-refractivity contribution in [3.8, 4) is 11.5 Å². The fourth-order valence-electron chi connectivity index (χ4n) is 2.15. The van der Waals surface area contributed by atoms with Gasteiger partial charge in [0.2, 0.25) is 0 Å². The predicted octanol–water partition coefficient (Wildman–Crippen LogP) is 2.94. The first-order chi connectivity index (χ1) is 10.9. The number of carbonyl (C=O) groups is 1. The maximum atomic E-state index is 12.2. The van der Waals surface area contributed by atoms with E-state index in [1.165, 1.54) is 12.0 Å². The van der Waals surface area contributed by atoms with Gasteiger partial charge in [-0.15, -0.1) is 0 Å². The summed E-state index contributed by atoms with van der Waals surface area (Å²) < 4.78 is 10.8. The van der Waals surface area contributed by atoms with E-state index in [1.807, 2.05) is 0 Å². The van der Waals surface area contributed by atoms with Crippen molar-refractivity contribution < 1.29 is 14.3 Å². The van der Waals surface area contributed by atoms with Gasteiger partial charge in [0.25, 0.3) is 5.91 Å². The van der Waals surface area contributed by atoms with Crippen molar-refractivity contribution in [2.45, 2.75) is 0 Å². The van der Waals surface area contributed by atoms with Gasteiger partial charge in [-0.05, 0) is 36.0 Å². The topological polar surface area (TPSA) is 42.0 Å². The van der Waals surface area contributed by atoms with Crippen molar-refractivity contribution in [2.24, 2.45) is 0 Å². The van der Waals surface area contributed by atoms with Crippen molar-refractivity contribution in [2.75, 3.05) is 27.8 Å². The molecule has 0 radical (unpaired) electrons. The molecule has 1 fully saturated rings. The molecule has 1 heterocycles. The van der Waals surface area contributed by atoms with Crippen molar-refractivity contribution in [3.05, 3.63) is 41.1 Å². The summed E-state index contributed by atoms with van der Waals surface area (Å²) in [5, 5.41) is 0.840. The summed E-state index contributed by atoms with van der Waals surface area (Å²) in [6, 6.07) is 3.46. The van der Waals surface area contributed by atoms with Gasteiger partial charge >= 0.3 is 0 Å². The van der Waals surface area contributed by atoms with Crippen LogP contribution in [0.25, 0.3) is 6.08 Å². The third-order valence-corrected chi connectivity index (χ3v) is 4.19. The highest BCUT2D eigenvalue weighted by Gasteiger charge is 2.32. The summed E-state index contributed by atoms with van der Waals surface area (Å²) >= 11 is 11.4. The molecule has 1 aliphatic rings. The van der Waals surface area contributed by atoms with Gasteiger partial charge in [0.05, 0.1) is 12.1 Å². The van der Waals surface area contributed by atoms with Gasteiger partial charge in [-0.25, -0.2) is 0 Å². The fraction of sp³-hybridized carbons (Fsp3) is 0.250. The van der Waals surface area contributed by atoms with Crippen molar-refractivity contribution in [1.82, 2.24) is 9.80 Å². The molecule has 2 rings (SSSR count). The largest absolute Gasteiger partial charge is 0.493 e. The Morgan fingerprint density at radius 1 is 1.35 bits per heavy atom. The number of benzene rings is 1. The Hall–Kier alpha value is -2.05. The summed E-state index contributed by atoms with van der Waals surface area (Å²) in [6.45, 7) is 3.92. The predicted molar refractivity (Wildman–Crippen MR) is 94.8 cm³/mol. The minimum Gasteiger partial charge on any atom is -0.493 e. The average molecular weight is 353 g/mol. The second-order valence-corrected chi connectivity index (χ2v) is 5.64. The monoisotopic (exact) mass is 352 g/mol. The SMILES string of the molecule is C=CCOc1c(Cl)cc(/C=C2/C(=O)N(C)C(=S)N2C)cc1OC. The van der Waals surface area contributed by atoms with Gasteiger partial charge in [-0.2, -0.15) is 0 Å².